The van der Waals surface area contributed by atoms with Crippen LogP contribution in [-0.2, 0) is 22.6 Å². The first-order valence-corrected chi connectivity index (χ1v) is 11.0. The number of hydrogen-bond acceptors (Lipinski definition) is 4. The quantitative estimate of drug-likeness (QED) is 0.441. The van der Waals surface area contributed by atoms with Gasteiger partial charge in [-0.1, -0.05) is 30.3 Å². The summed E-state index contributed by atoms with van der Waals surface area (Å²) >= 11 is 0. The summed E-state index contributed by atoms with van der Waals surface area (Å²) < 4.78 is 13.8. The lowest BCUT2D eigenvalue weighted by Crippen LogP contribution is -2.12. The number of carbonyl (C=O) groups excluding carboxylic acids is 2. The maximum absolute atomic E-state index is 13.8. The highest BCUT2D eigenvalue weighted by molar-refractivity contribution is 6.37. The maximum atomic E-state index is 13.8. The second-order valence-electron chi connectivity index (χ2n) is 8.62. The molecule has 0 bridgehead atoms. The van der Waals surface area contributed by atoms with Crippen molar-refractivity contribution in [1.29, 1.82) is 0 Å². The van der Waals surface area contributed by atoms with Crippen LogP contribution in [0.2, 0.25) is 0 Å². The number of nitrogens with two attached hydrogens (primary N) is 1. The Kier molecular flexibility index (Phi) is 6.75. The molecule has 0 aromatic heterocycles. The van der Waals surface area contributed by atoms with Crippen LogP contribution in [0.5, 0.6) is 0 Å². The van der Waals surface area contributed by atoms with Crippen LogP contribution >= 0.6 is 0 Å². The van der Waals surface area contributed by atoms with E-state index < -0.39 is 5.82 Å². The Morgan fingerprint density at radius 3 is 2.50 bits per heavy atom. The predicted octanol–water partition coefficient (Wildman–Crippen LogP) is 4.24. The molecule has 4 N–H and O–H groups in total. The zero-order valence-electron chi connectivity index (χ0n) is 19.2. The fraction of sp³-hybridized carbons (Fsp3) is 0.185. The highest BCUT2D eigenvalue weighted by Crippen LogP contribution is 2.38. The van der Waals surface area contributed by atoms with Gasteiger partial charge in [-0.2, -0.15) is 0 Å². The highest BCUT2D eigenvalue weighted by Gasteiger charge is 2.29. The molecule has 6 nitrogen and oxygen atoms in total. The SMILES string of the molecule is CN(C)Cc1ccc(N/C(=C2\C(=O)Nc3cc(F)ccc32)c2cccc(CCC(N)=O)c2)cc1. The number of carbonyl (C=O) groups is 2. The largest absolute Gasteiger partial charge is 0.370 e. The number of amides is 2. The van der Waals surface area contributed by atoms with Gasteiger partial charge in [-0.25, -0.2) is 4.39 Å². The van der Waals surface area contributed by atoms with Crippen molar-refractivity contribution in [2.24, 2.45) is 5.73 Å². The molecule has 4 rings (SSSR count). The molecule has 34 heavy (non-hydrogen) atoms. The van der Waals surface area contributed by atoms with E-state index in [1.807, 2.05) is 62.6 Å². The van der Waals surface area contributed by atoms with Crippen LogP contribution in [0.3, 0.4) is 0 Å². The Labute approximate surface area is 198 Å². The van der Waals surface area contributed by atoms with E-state index in [4.69, 9.17) is 5.73 Å². The fourth-order valence-electron chi connectivity index (χ4n) is 4.03. The molecule has 2 amide bonds. The van der Waals surface area contributed by atoms with Crippen molar-refractivity contribution in [3.63, 3.8) is 0 Å². The Hall–Kier alpha value is -3.97. The summed E-state index contributed by atoms with van der Waals surface area (Å²) in [4.78, 5) is 26.4. The summed E-state index contributed by atoms with van der Waals surface area (Å²) in [5, 5.41) is 6.18. The Bertz CT molecular complexity index is 1270. The average Bonchev–Trinajstić information content (AvgIpc) is 3.11. The first kappa shape index (κ1) is 23.2. The number of nitrogens with zero attached hydrogens (tertiary/aromatic N) is 1. The van der Waals surface area contributed by atoms with Crippen molar-refractivity contribution < 1.29 is 14.0 Å². The summed E-state index contributed by atoms with van der Waals surface area (Å²) in [5.41, 5.74) is 11.1. The monoisotopic (exact) mass is 458 g/mol. The number of benzene rings is 3. The first-order chi connectivity index (χ1) is 16.3. The minimum Gasteiger partial charge on any atom is -0.370 e. The Morgan fingerprint density at radius 2 is 1.79 bits per heavy atom. The zero-order chi connectivity index (χ0) is 24.2. The van der Waals surface area contributed by atoms with Gasteiger partial charge in [0.2, 0.25) is 5.91 Å². The van der Waals surface area contributed by atoms with Gasteiger partial charge in [0.05, 0.1) is 17.0 Å². The van der Waals surface area contributed by atoms with Gasteiger partial charge in [0.15, 0.2) is 0 Å². The summed E-state index contributed by atoms with van der Waals surface area (Å²) in [7, 11) is 4.03. The van der Waals surface area contributed by atoms with Crippen LogP contribution in [0.4, 0.5) is 15.8 Å². The van der Waals surface area contributed by atoms with E-state index in [1.165, 1.54) is 12.1 Å². The van der Waals surface area contributed by atoms with Gasteiger partial charge in [-0.3, -0.25) is 9.59 Å². The van der Waals surface area contributed by atoms with E-state index in [9.17, 15) is 14.0 Å². The minimum atomic E-state index is -0.417. The van der Waals surface area contributed by atoms with E-state index in [0.717, 1.165) is 28.9 Å². The molecule has 0 radical (unpaired) electrons. The lowest BCUT2D eigenvalue weighted by molar-refractivity contribution is -0.118. The molecule has 0 saturated heterocycles. The number of rotatable bonds is 8. The third-order valence-electron chi connectivity index (χ3n) is 5.57. The predicted molar refractivity (Wildman–Crippen MR) is 133 cm³/mol. The summed E-state index contributed by atoms with van der Waals surface area (Å²) in [6.07, 6.45) is 0.734. The van der Waals surface area contributed by atoms with E-state index >= 15 is 0 Å². The molecule has 3 aromatic rings. The fourth-order valence-corrected chi connectivity index (χ4v) is 4.03. The van der Waals surface area contributed by atoms with Crippen molar-refractivity contribution in [2.75, 3.05) is 24.7 Å². The van der Waals surface area contributed by atoms with Gasteiger partial charge >= 0.3 is 0 Å². The molecule has 1 heterocycles. The first-order valence-electron chi connectivity index (χ1n) is 11.0. The second kappa shape index (κ2) is 9.89. The molecule has 1 aliphatic heterocycles. The van der Waals surface area contributed by atoms with Crippen LogP contribution in [0.1, 0.15) is 28.7 Å². The van der Waals surface area contributed by atoms with E-state index in [2.05, 4.69) is 15.5 Å². The van der Waals surface area contributed by atoms with Gasteiger partial charge in [0, 0.05) is 24.2 Å². The third-order valence-corrected chi connectivity index (χ3v) is 5.57. The van der Waals surface area contributed by atoms with Crippen molar-refractivity contribution in [2.45, 2.75) is 19.4 Å². The molecule has 3 aromatic carbocycles. The molecule has 0 atom stereocenters. The number of aryl methyl sites for hydroxylation is 1. The van der Waals surface area contributed by atoms with Crippen LogP contribution in [0.25, 0.3) is 11.3 Å². The van der Waals surface area contributed by atoms with E-state index in [-0.39, 0.29) is 18.2 Å². The Morgan fingerprint density at radius 1 is 1.03 bits per heavy atom. The number of fused-ring (bicyclic) bond motifs is 1. The lowest BCUT2D eigenvalue weighted by Gasteiger charge is -2.16. The van der Waals surface area contributed by atoms with Crippen LogP contribution < -0.4 is 16.4 Å². The topological polar surface area (TPSA) is 87.5 Å². The lowest BCUT2D eigenvalue weighted by atomic mass is 9.97. The van der Waals surface area contributed by atoms with Crippen LogP contribution in [0, 0.1) is 5.82 Å². The minimum absolute atomic E-state index is 0.235. The normalized spacial score (nSPS) is 14.1. The van der Waals surface area contributed by atoms with Gasteiger partial charge < -0.3 is 21.3 Å². The van der Waals surface area contributed by atoms with Crippen molar-refractivity contribution >= 4 is 34.5 Å². The highest BCUT2D eigenvalue weighted by atomic mass is 19.1. The molecule has 0 unspecified atom stereocenters. The van der Waals surface area contributed by atoms with Crippen molar-refractivity contribution in [3.8, 4) is 0 Å². The number of hydrogen-bond donors (Lipinski definition) is 3. The van der Waals surface area contributed by atoms with E-state index in [0.29, 0.717) is 28.9 Å². The molecule has 1 aliphatic rings. The summed E-state index contributed by atoms with van der Waals surface area (Å²) in [5.74, 6) is -1.10. The van der Waals surface area contributed by atoms with Gasteiger partial charge in [-0.15, -0.1) is 0 Å². The van der Waals surface area contributed by atoms with E-state index in [1.54, 1.807) is 6.07 Å². The van der Waals surface area contributed by atoms with Gasteiger partial charge in [-0.05, 0) is 73.6 Å². The number of primary amides is 1. The molecule has 0 fully saturated rings. The van der Waals surface area contributed by atoms with Crippen LogP contribution in [-0.4, -0.2) is 30.8 Å². The molecule has 0 spiro atoms. The van der Waals surface area contributed by atoms with Gasteiger partial charge in [0.25, 0.3) is 5.91 Å². The standard InChI is InChI=1S/C27H27FN4O2/c1-32(2)16-18-6-10-21(11-7-18)30-26(19-5-3-4-17(14-19)8-13-24(29)33)25-22-12-9-20(28)15-23(22)31-27(25)34/h3-7,9-12,14-15,30H,8,13,16H2,1-2H3,(H2,29,33)(H,31,34)/b26-25-. The summed E-state index contributed by atoms with van der Waals surface area (Å²) in [6, 6.07) is 19.9. The molecule has 0 saturated carbocycles. The number of anilines is 2. The van der Waals surface area contributed by atoms with Crippen LogP contribution in [0.15, 0.2) is 66.7 Å². The molecule has 0 aliphatic carbocycles. The maximum Gasteiger partial charge on any atom is 0.258 e. The van der Waals surface area contributed by atoms with Gasteiger partial charge in [0.1, 0.15) is 5.82 Å². The third kappa shape index (κ3) is 5.32. The smallest absolute Gasteiger partial charge is 0.258 e. The number of nitrogens with one attached hydrogen (secondary N) is 2. The average molecular weight is 459 g/mol. The molecular formula is C27H27FN4O2. The summed E-state index contributed by atoms with van der Waals surface area (Å²) in [6.45, 7) is 0.817. The van der Waals surface area contributed by atoms with Crippen molar-refractivity contribution in [1.82, 2.24) is 4.90 Å². The molecular weight excluding hydrogens is 431 g/mol. The molecule has 174 valence electrons. The second-order valence-corrected chi connectivity index (χ2v) is 8.62. The van der Waals surface area contributed by atoms with Crippen molar-refractivity contribution in [3.05, 3.63) is 94.8 Å². The molecule has 7 heteroatoms. The number of halogens is 1. The Balaban J connectivity index is 1.78. The zero-order valence-corrected chi connectivity index (χ0v) is 19.2.